The van der Waals surface area contributed by atoms with Gasteiger partial charge >= 0.3 is 5.97 Å². The lowest BCUT2D eigenvalue weighted by molar-refractivity contribution is 0.0600. The van der Waals surface area contributed by atoms with Gasteiger partial charge in [-0.1, -0.05) is 0 Å². The summed E-state index contributed by atoms with van der Waals surface area (Å²) in [6, 6.07) is 7.74. The third-order valence-electron chi connectivity index (χ3n) is 4.00. The molecule has 1 N–H and O–H groups in total. The van der Waals surface area contributed by atoms with Gasteiger partial charge in [0.15, 0.2) is 0 Å². The summed E-state index contributed by atoms with van der Waals surface area (Å²) in [6.45, 7) is 6.98. The third kappa shape index (κ3) is 3.10. The molecule has 112 valence electrons. The second-order valence-electron chi connectivity index (χ2n) is 5.33. The van der Waals surface area contributed by atoms with Gasteiger partial charge in [-0.3, -0.25) is 0 Å². The molecule has 0 radical (unpaired) electrons. The molecule has 21 heavy (non-hydrogen) atoms. The highest BCUT2D eigenvalue weighted by molar-refractivity contribution is 5.90. The van der Waals surface area contributed by atoms with E-state index in [4.69, 9.17) is 4.74 Å². The van der Waals surface area contributed by atoms with Crippen molar-refractivity contribution in [1.29, 1.82) is 0 Å². The number of nitrogens with zero attached hydrogens (tertiary/aromatic N) is 1. The van der Waals surface area contributed by atoms with Gasteiger partial charge < -0.3 is 14.6 Å². The van der Waals surface area contributed by atoms with Crippen LogP contribution in [-0.2, 0) is 18.3 Å². The van der Waals surface area contributed by atoms with Gasteiger partial charge in [0.2, 0.25) is 0 Å². The molecular weight excluding hydrogens is 264 g/mol. The highest BCUT2D eigenvalue weighted by Crippen LogP contribution is 2.20. The number of carbonyl (C=O) groups is 1. The lowest BCUT2D eigenvalue weighted by atomic mass is 10.1. The molecule has 1 aromatic carbocycles. The molecule has 0 saturated carbocycles. The fourth-order valence-corrected chi connectivity index (χ4v) is 2.41. The second-order valence-corrected chi connectivity index (χ2v) is 5.33. The van der Waals surface area contributed by atoms with Crippen LogP contribution in [0.5, 0.6) is 0 Å². The highest BCUT2D eigenvalue weighted by atomic mass is 16.5. The Morgan fingerprint density at radius 2 is 1.95 bits per heavy atom. The zero-order chi connectivity index (χ0) is 15.6. The van der Waals surface area contributed by atoms with Gasteiger partial charge in [-0.05, 0) is 56.2 Å². The Hall–Kier alpha value is -2.23. The molecule has 0 unspecified atom stereocenters. The van der Waals surface area contributed by atoms with Gasteiger partial charge in [-0.25, -0.2) is 4.79 Å². The summed E-state index contributed by atoms with van der Waals surface area (Å²) < 4.78 is 6.91. The Balaban J connectivity index is 2.13. The maximum atomic E-state index is 11.5. The number of hydrogen-bond donors (Lipinski definition) is 1. The standard InChI is InChI=1S/C17H22N2O2/c1-11-8-14(17(20)21-5)6-7-16(11)18-10-15-9-12(2)19(4)13(15)3/h6-9,18H,10H2,1-5H3. The third-order valence-corrected chi connectivity index (χ3v) is 4.00. The summed E-state index contributed by atoms with van der Waals surface area (Å²) in [5.41, 5.74) is 6.44. The Labute approximate surface area is 125 Å². The van der Waals surface area contributed by atoms with E-state index >= 15 is 0 Å². The number of hydrogen-bond acceptors (Lipinski definition) is 3. The van der Waals surface area contributed by atoms with Crippen LogP contribution in [0.2, 0.25) is 0 Å². The number of benzene rings is 1. The summed E-state index contributed by atoms with van der Waals surface area (Å²) in [7, 11) is 3.47. The zero-order valence-corrected chi connectivity index (χ0v) is 13.3. The maximum absolute atomic E-state index is 11.5. The van der Waals surface area contributed by atoms with Crippen molar-refractivity contribution in [2.24, 2.45) is 7.05 Å². The van der Waals surface area contributed by atoms with E-state index in [0.29, 0.717) is 5.56 Å². The van der Waals surface area contributed by atoms with Crippen LogP contribution >= 0.6 is 0 Å². The fourth-order valence-electron chi connectivity index (χ4n) is 2.41. The molecule has 1 aromatic heterocycles. The fraction of sp³-hybridized carbons (Fsp3) is 0.353. The molecule has 0 bridgehead atoms. The van der Waals surface area contributed by atoms with E-state index in [1.807, 2.05) is 19.1 Å². The lowest BCUT2D eigenvalue weighted by Gasteiger charge is -2.11. The van der Waals surface area contributed by atoms with Gasteiger partial charge in [0, 0.05) is 30.7 Å². The molecule has 0 spiro atoms. The van der Waals surface area contributed by atoms with Crippen LogP contribution in [0, 0.1) is 20.8 Å². The van der Waals surface area contributed by atoms with Crippen molar-refractivity contribution in [3.05, 3.63) is 52.3 Å². The van der Waals surface area contributed by atoms with Crippen LogP contribution in [-0.4, -0.2) is 17.6 Å². The molecular formula is C17H22N2O2. The first-order valence-electron chi connectivity index (χ1n) is 6.98. The molecule has 0 amide bonds. The summed E-state index contributed by atoms with van der Waals surface area (Å²) in [5.74, 6) is -0.306. The number of carbonyl (C=O) groups excluding carboxylic acids is 1. The van der Waals surface area contributed by atoms with Gasteiger partial charge in [0.05, 0.1) is 12.7 Å². The minimum atomic E-state index is -0.306. The largest absolute Gasteiger partial charge is 0.465 e. The lowest BCUT2D eigenvalue weighted by Crippen LogP contribution is -2.05. The van der Waals surface area contributed by atoms with Crippen molar-refractivity contribution in [2.45, 2.75) is 27.3 Å². The van der Waals surface area contributed by atoms with E-state index in [0.717, 1.165) is 17.8 Å². The Morgan fingerprint density at radius 3 is 2.48 bits per heavy atom. The van der Waals surface area contributed by atoms with Crippen LogP contribution < -0.4 is 5.32 Å². The van der Waals surface area contributed by atoms with Crippen LogP contribution in [0.15, 0.2) is 24.3 Å². The first-order chi connectivity index (χ1) is 9.93. The number of rotatable bonds is 4. The molecule has 2 aromatic rings. The predicted octanol–water partition coefficient (Wildman–Crippen LogP) is 3.35. The molecule has 0 atom stereocenters. The monoisotopic (exact) mass is 286 g/mol. The number of ether oxygens (including phenoxy) is 1. The minimum absolute atomic E-state index is 0.306. The molecule has 1 heterocycles. The number of esters is 1. The molecule has 0 aliphatic heterocycles. The van der Waals surface area contributed by atoms with E-state index in [1.165, 1.54) is 24.1 Å². The Bertz CT molecular complexity index is 672. The molecule has 0 aliphatic rings. The second kappa shape index (κ2) is 6.04. The number of methoxy groups -OCH3 is 1. The Morgan fingerprint density at radius 1 is 1.24 bits per heavy atom. The van der Waals surface area contributed by atoms with E-state index in [1.54, 1.807) is 6.07 Å². The van der Waals surface area contributed by atoms with Crippen LogP contribution in [0.25, 0.3) is 0 Å². The quantitative estimate of drug-likeness (QED) is 0.877. The number of aromatic nitrogens is 1. The first-order valence-corrected chi connectivity index (χ1v) is 6.98. The summed E-state index contributed by atoms with van der Waals surface area (Å²) >= 11 is 0. The van der Waals surface area contributed by atoms with Gasteiger partial charge in [0.1, 0.15) is 0 Å². The highest BCUT2D eigenvalue weighted by Gasteiger charge is 2.09. The number of aryl methyl sites for hydroxylation is 2. The van der Waals surface area contributed by atoms with Crippen LogP contribution in [0.3, 0.4) is 0 Å². The van der Waals surface area contributed by atoms with Gasteiger partial charge in [-0.2, -0.15) is 0 Å². The molecule has 2 rings (SSSR count). The number of nitrogens with one attached hydrogen (secondary N) is 1. The molecule has 4 heteroatoms. The van der Waals surface area contributed by atoms with Gasteiger partial charge in [0.25, 0.3) is 0 Å². The average Bonchev–Trinajstić information content (AvgIpc) is 2.72. The summed E-state index contributed by atoms with van der Waals surface area (Å²) in [4.78, 5) is 11.5. The molecule has 0 aliphatic carbocycles. The summed E-state index contributed by atoms with van der Waals surface area (Å²) in [5, 5.41) is 3.43. The van der Waals surface area contributed by atoms with E-state index in [2.05, 4.69) is 36.8 Å². The van der Waals surface area contributed by atoms with Crippen molar-refractivity contribution in [3.63, 3.8) is 0 Å². The van der Waals surface area contributed by atoms with Crippen LogP contribution in [0.1, 0.15) is 32.9 Å². The van der Waals surface area contributed by atoms with E-state index in [9.17, 15) is 4.79 Å². The van der Waals surface area contributed by atoms with E-state index < -0.39 is 0 Å². The predicted molar refractivity (Wildman–Crippen MR) is 84.7 cm³/mol. The number of anilines is 1. The van der Waals surface area contributed by atoms with Crippen LogP contribution in [0.4, 0.5) is 5.69 Å². The topological polar surface area (TPSA) is 43.3 Å². The normalized spacial score (nSPS) is 10.5. The van der Waals surface area contributed by atoms with Crippen molar-refractivity contribution < 1.29 is 9.53 Å². The first kappa shape index (κ1) is 15.2. The van der Waals surface area contributed by atoms with E-state index in [-0.39, 0.29) is 5.97 Å². The summed E-state index contributed by atoms with van der Waals surface area (Å²) in [6.07, 6.45) is 0. The minimum Gasteiger partial charge on any atom is -0.465 e. The molecule has 0 fully saturated rings. The zero-order valence-electron chi connectivity index (χ0n) is 13.3. The van der Waals surface area contributed by atoms with Crippen molar-refractivity contribution in [1.82, 2.24) is 4.57 Å². The smallest absolute Gasteiger partial charge is 0.337 e. The Kier molecular flexibility index (Phi) is 4.36. The van der Waals surface area contributed by atoms with Crippen molar-refractivity contribution in [2.75, 3.05) is 12.4 Å². The maximum Gasteiger partial charge on any atom is 0.337 e. The van der Waals surface area contributed by atoms with Crippen molar-refractivity contribution in [3.8, 4) is 0 Å². The molecule has 0 saturated heterocycles. The average molecular weight is 286 g/mol. The SMILES string of the molecule is COC(=O)c1ccc(NCc2cc(C)n(C)c2C)c(C)c1. The van der Waals surface area contributed by atoms with Crippen molar-refractivity contribution >= 4 is 11.7 Å². The molecule has 4 nitrogen and oxygen atoms in total. The van der Waals surface area contributed by atoms with Gasteiger partial charge in [-0.15, -0.1) is 0 Å².